The van der Waals surface area contributed by atoms with Gasteiger partial charge in [0, 0.05) is 17.3 Å². The molecule has 0 saturated carbocycles. The van der Waals surface area contributed by atoms with Crippen LogP contribution in [0.3, 0.4) is 0 Å². The monoisotopic (exact) mass is 234 g/mol. The van der Waals surface area contributed by atoms with E-state index in [9.17, 15) is 4.79 Å². The van der Waals surface area contributed by atoms with Gasteiger partial charge in [0.05, 0.1) is 20.4 Å². The van der Waals surface area contributed by atoms with Crippen molar-refractivity contribution in [2.24, 2.45) is 0 Å². The first-order valence-corrected chi connectivity index (χ1v) is 5.20. The number of fused-ring (bicyclic) bond motifs is 1. The van der Waals surface area contributed by atoms with Gasteiger partial charge >= 0.3 is 0 Å². The van der Waals surface area contributed by atoms with Gasteiger partial charge in [0.1, 0.15) is 5.65 Å². The molecule has 0 spiro atoms. The Kier molecular flexibility index (Phi) is 2.75. The third-order valence-corrected chi connectivity index (χ3v) is 2.80. The predicted octanol–water partition coefficient (Wildman–Crippen LogP) is 1.33. The lowest BCUT2D eigenvalue weighted by atomic mass is 10.2. The first kappa shape index (κ1) is 11.4. The van der Waals surface area contributed by atoms with Gasteiger partial charge in [0.15, 0.2) is 11.5 Å². The molecule has 0 amide bonds. The Labute approximate surface area is 98.6 Å². The highest BCUT2D eigenvalue weighted by molar-refractivity contribution is 5.52. The summed E-state index contributed by atoms with van der Waals surface area (Å²) in [4.78, 5) is 16.4. The minimum atomic E-state index is -0.0894. The Morgan fingerprint density at radius 2 is 1.82 bits per heavy atom. The van der Waals surface area contributed by atoms with Crippen LogP contribution in [0.1, 0.15) is 11.3 Å². The molecule has 0 saturated heterocycles. The van der Waals surface area contributed by atoms with E-state index in [1.807, 2.05) is 6.92 Å². The van der Waals surface area contributed by atoms with Gasteiger partial charge in [0.2, 0.25) is 0 Å². The number of rotatable bonds is 2. The minimum Gasteiger partial charge on any atom is -0.493 e. The van der Waals surface area contributed by atoms with Crippen molar-refractivity contribution in [3.63, 3.8) is 0 Å². The summed E-state index contributed by atoms with van der Waals surface area (Å²) in [5.74, 6) is 1.06. The van der Waals surface area contributed by atoms with E-state index >= 15 is 0 Å². The molecule has 0 aliphatic rings. The summed E-state index contributed by atoms with van der Waals surface area (Å²) in [5, 5.41) is 0. The highest BCUT2D eigenvalue weighted by Crippen LogP contribution is 2.26. The van der Waals surface area contributed by atoms with E-state index < -0.39 is 0 Å². The molecule has 2 aromatic heterocycles. The van der Waals surface area contributed by atoms with Crippen LogP contribution in [-0.2, 0) is 0 Å². The predicted molar refractivity (Wildman–Crippen MR) is 64.0 cm³/mol. The number of aryl methyl sites for hydroxylation is 1. The van der Waals surface area contributed by atoms with Crippen molar-refractivity contribution in [1.82, 2.24) is 9.38 Å². The molecule has 0 aliphatic heterocycles. The molecule has 0 aromatic carbocycles. The summed E-state index contributed by atoms with van der Waals surface area (Å²) >= 11 is 0. The Hall–Kier alpha value is -2.04. The Balaban J connectivity index is 2.88. The number of nitrogens with zero attached hydrogens (tertiary/aromatic N) is 2. The van der Waals surface area contributed by atoms with Crippen LogP contribution in [0.25, 0.3) is 5.65 Å². The molecule has 0 unspecified atom stereocenters. The second kappa shape index (κ2) is 4.08. The van der Waals surface area contributed by atoms with Crippen LogP contribution >= 0.6 is 0 Å². The van der Waals surface area contributed by atoms with Crippen LogP contribution in [-0.4, -0.2) is 23.6 Å². The van der Waals surface area contributed by atoms with Crippen molar-refractivity contribution in [2.75, 3.05) is 14.2 Å². The average molecular weight is 234 g/mol. The fraction of sp³-hybridized carbons (Fsp3) is 0.333. The minimum absolute atomic E-state index is 0.0894. The van der Waals surface area contributed by atoms with Crippen LogP contribution in [0.5, 0.6) is 11.5 Å². The molecule has 17 heavy (non-hydrogen) atoms. The van der Waals surface area contributed by atoms with Gasteiger partial charge in [-0.1, -0.05) is 0 Å². The van der Waals surface area contributed by atoms with Crippen LogP contribution in [0.15, 0.2) is 17.1 Å². The number of ether oxygens (including phenoxy) is 2. The van der Waals surface area contributed by atoms with Crippen molar-refractivity contribution in [3.05, 3.63) is 33.9 Å². The maximum absolute atomic E-state index is 12.0. The van der Waals surface area contributed by atoms with Gasteiger partial charge in [0.25, 0.3) is 5.56 Å². The van der Waals surface area contributed by atoms with Gasteiger partial charge in [-0.05, 0) is 13.8 Å². The quantitative estimate of drug-likeness (QED) is 0.786. The smallest absolute Gasteiger partial charge is 0.261 e. The molecule has 5 heteroatoms. The van der Waals surface area contributed by atoms with Crippen LogP contribution in [0.2, 0.25) is 0 Å². The molecule has 0 fully saturated rings. The maximum Gasteiger partial charge on any atom is 0.261 e. The fourth-order valence-electron chi connectivity index (χ4n) is 1.66. The Morgan fingerprint density at radius 1 is 1.18 bits per heavy atom. The number of hydrogen-bond donors (Lipinski definition) is 0. The van der Waals surface area contributed by atoms with E-state index in [2.05, 4.69) is 4.98 Å². The standard InChI is InChI=1S/C12H14N2O3/c1-7-8(2)13-11-5-9(16-3)10(17-4)6-14(11)12(7)15/h5-6H,1-4H3. The summed E-state index contributed by atoms with van der Waals surface area (Å²) in [6.07, 6.45) is 1.59. The lowest BCUT2D eigenvalue weighted by Gasteiger charge is -2.10. The summed E-state index contributed by atoms with van der Waals surface area (Å²) in [5.41, 5.74) is 1.82. The molecule has 0 radical (unpaired) electrons. The zero-order valence-corrected chi connectivity index (χ0v) is 10.3. The number of methoxy groups -OCH3 is 2. The van der Waals surface area contributed by atoms with E-state index in [0.717, 1.165) is 5.69 Å². The molecule has 2 rings (SSSR count). The molecule has 90 valence electrons. The summed E-state index contributed by atoms with van der Waals surface area (Å²) in [6, 6.07) is 1.69. The fourth-order valence-corrected chi connectivity index (χ4v) is 1.66. The van der Waals surface area contributed by atoms with Crippen molar-refractivity contribution in [3.8, 4) is 11.5 Å². The van der Waals surface area contributed by atoms with Crippen LogP contribution in [0.4, 0.5) is 0 Å². The third-order valence-electron chi connectivity index (χ3n) is 2.80. The van der Waals surface area contributed by atoms with Crippen molar-refractivity contribution in [2.45, 2.75) is 13.8 Å². The van der Waals surface area contributed by atoms with Crippen LogP contribution < -0.4 is 15.0 Å². The van der Waals surface area contributed by atoms with E-state index in [0.29, 0.717) is 22.7 Å². The molecular formula is C12H14N2O3. The normalized spacial score (nSPS) is 10.6. The second-order valence-electron chi connectivity index (χ2n) is 3.77. The van der Waals surface area contributed by atoms with Crippen LogP contribution in [0, 0.1) is 13.8 Å². The summed E-state index contributed by atoms with van der Waals surface area (Å²) < 4.78 is 11.8. The van der Waals surface area contributed by atoms with E-state index in [-0.39, 0.29) is 5.56 Å². The van der Waals surface area contributed by atoms with Crippen molar-refractivity contribution >= 4 is 5.65 Å². The topological polar surface area (TPSA) is 52.8 Å². The van der Waals surface area contributed by atoms with Crippen molar-refractivity contribution in [1.29, 1.82) is 0 Å². The highest BCUT2D eigenvalue weighted by Gasteiger charge is 2.10. The van der Waals surface area contributed by atoms with E-state index in [4.69, 9.17) is 9.47 Å². The molecule has 0 bridgehead atoms. The van der Waals surface area contributed by atoms with Gasteiger partial charge < -0.3 is 9.47 Å². The Morgan fingerprint density at radius 3 is 2.41 bits per heavy atom. The summed E-state index contributed by atoms with van der Waals surface area (Å²) in [6.45, 7) is 3.57. The van der Waals surface area contributed by atoms with Gasteiger partial charge in [-0.15, -0.1) is 0 Å². The first-order valence-electron chi connectivity index (χ1n) is 5.20. The number of aromatic nitrogens is 2. The summed E-state index contributed by atoms with van der Waals surface area (Å²) in [7, 11) is 3.08. The van der Waals surface area contributed by atoms with Gasteiger partial charge in [-0.3, -0.25) is 9.20 Å². The first-order chi connectivity index (χ1) is 8.08. The molecule has 0 atom stereocenters. The zero-order valence-electron chi connectivity index (χ0n) is 10.3. The molecule has 2 heterocycles. The molecule has 2 aromatic rings. The SMILES string of the molecule is COc1cc2nc(C)c(C)c(=O)n2cc1OC. The number of hydrogen-bond acceptors (Lipinski definition) is 4. The third kappa shape index (κ3) is 1.73. The van der Waals surface area contributed by atoms with Crippen molar-refractivity contribution < 1.29 is 9.47 Å². The second-order valence-corrected chi connectivity index (χ2v) is 3.77. The van der Waals surface area contributed by atoms with E-state index in [1.54, 1.807) is 26.3 Å². The lowest BCUT2D eigenvalue weighted by Crippen LogP contribution is -2.19. The van der Waals surface area contributed by atoms with Gasteiger partial charge in [-0.2, -0.15) is 0 Å². The largest absolute Gasteiger partial charge is 0.493 e. The molecule has 0 N–H and O–H groups in total. The molecule has 5 nitrogen and oxygen atoms in total. The average Bonchev–Trinajstić information content (AvgIpc) is 2.34. The maximum atomic E-state index is 12.0. The molecular weight excluding hydrogens is 220 g/mol. The number of pyridine rings is 1. The lowest BCUT2D eigenvalue weighted by molar-refractivity contribution is 0.353. The molecule has 0 aliphatic carbocycles. The van der Waals surface area contributed by atoms with E-state index in [1.165, 1.54) is 11.5 Å². The van der Waals surface area contributed by atoms with Gasteiger partial charge in [-0.25, -0.2) is 4.98 Å². The zero-order chi connectivity index (χ0) is 12.6. The Bertz CT molecular complexity index is 632. The highest BCUT2D eigenvalue weighted by atomic mass is 16.5.